The topological polar surface area (TPSA) is 41.9 Å². The van der Waals surface area contributed by atoms with Gasteiger partial charge in [0.15, 0.2) is 0 Å². The van der Waals surface area contributed by atoms with Crippen LogP contribution >= 0.6 is 0 Å². The molecule has 1 aliphatic rings. The smallest absolute Gasteiger partial charge is 0.132 e. The molecule has 0 spiro atoms. The van der Waals surface area contributed by atoms with Gasteiger partial charge in [-0.1, -0.05) is 6.07 Å². The first-order valence-electron chi connectivity index (χ1n) is 6.72. The number of rotatable bonds is 3. The zero-order chi connectivity index (χ0) is 13.1. The molecule has 3 rings (SSSR count). The summed E-state index contributed by atoms with van der Waals surface area (Å²) in [5.41, 5.74) is 2.32. The van der Waals surface area contributed by atoms with E-state index in [0.717, 1.165) is 37.6 Å². The Morgan fingerprint density at radius 3 is 3.05 bits per heavy atom. The molecule has 1 atom stereocenters. The fourth-order valence-electron chi connectivity index (χ4n) is 2.60. The van der Waals surface area contributed by atoms with Gasteiger partial charge in [0.1, 0.15) is 5.82 Å². The third-order valence-electron chi connectivity index (χ3n) is 3.58. The van der Waals surface area contributed by atoms with Gasteiger partial charge in [0.25, 0.3) is 0 Å². The highest BCUT2D eigenvalue weighted by atomic mass is 15.2. The SMILES string of the molecule is Cc1ccnc([C@H]2CCN(Cc3cccnc3)C2)n1. The van der Waals surface area contributed by atoms with Gasteiger partial charge in [0.05, 0.1) is 0 Å². The second-order valence-corrected chi connectivity index (χ2v) is 5.14. The lowest BCUT2D eigenvalue weighted by Crippen LogP contribution is -2.20. The van der Waals surface area contributed by atoms with E-state index in [1.807, 2.05) is 37.6 Å². The first kappa shape index (κ1) is 12.2. The van der Waals surface area contributed by atoms with Crippen molar-refractivity contribution in [3.05, 3.63) is 53.9 Å². The van der Waals surface area contributed by atoms with Crippen LogP contribution < -0.4 is 0 Å². The summed E-state index contributed by atoms with van der Waals surface area (Å²) in [4.78, 5) is 15.6. The molecule has 98 valence electrons. The highest BCUT2D eigenvalue weighted by Gasteiger charge is 2.25. The summed E-state index contributed by atoms with van der Waals surface area (Å²) < 4.78 is 0. The molecular weight excluding hydrogens is 236 g/mol. The third kappa shape index (κ3) is 2.96. The lowest BCUT2D eigenvalue weighted by atomic mass is 10.1. The summed E-state index contributed by atoms with van der Waals surface area (Å²) in [6.07, 6.45) is 6.76. The van der Waals surface area contributed by atoms with E-state index < -0.39 is 0 Å². The van der Waals surface area contributed by atoms with Crippen LogP contribution in [0.2, 0.25) is 0 Å². The van der Waals surface area contributed by atoms with Crippen molar-refractivity contribution in [3.63, 3.8) is 0 Å². The lowest BCUT2D eigenvalue weighted by molar-refractivity contribution is 0.325. The molecular formula is C15H18N4. The Kier molecular flexibility index (Phi) is 3.51. The first-order chi connectivity index (χ1) is 9.31. The van der Waals surface area contributed by atoms with E-state index in [0.29, 0.717) is 5.92 Å². The average molecular weight is 254 g/mol. The largest absolute Gasteiger partial charge is 0.298 e. The average Bonchev–Trinajstić information content (AvgIpc) is 2.88. The van der Waals surface area contributed by atoms with Gasteiger partial charge < -0.3 is 0 Å². The molecule has 0 amide bonds. The molecule has 1 fully saturated rings. The van der Waals surface area contributed by atoms with Crippen LogP contribution in [0.25, 0.3) is 0 Å². The van der Waals surface area contributed by atoms with Crippen LogP contribution in [0.4, 0.5) is 0 Å². The molecule has 4 nitrogen and oxygen atoms in total. The standard InChI is InChI=1S/C15H18N4/c1-12-4-7-17-15(18-12)14-5-8-19(11-14)10-13-3-2-6-16-9-13/h2-4,6-7,9,14H,5,8,10-11H2,1H3/t14-/m0/s1. The number of aromatic nitrogens is 3. The normalized spacial score (nSPS) is 19.7. The highest BCUT2D eigenvalue weighted by molar-refractivity contribution is 5.10. The van der Waals surface area contributed by atoms with Gasteiger partial charge in [-0.25, -0.2) is 9.97 Å². The molecule has 1 saturated heterocycles. The van der Waals surface area contributed by atoms with Gasteiger partial charge >= 0.3 is 0 Å². The van der Waals surface area contributed by atoms with Gasteiger partial charge in [0.2, 0.25) is 0 Å². The number of likely N-dealkylation sites (tertiary alicyclic amines) is 1. The van der Waals surface area contributed by atoms with Gasteiger partial charge in [-0.05, 0) is 37.6 Å². The van der Waals surface area contributed by atoms with Crippen molar-refractivity contribution in [2.75, 3.05) is 13.1 Å². The molecule has 0 aromatic carbocycles. The number of hydrogen-bond donors (Lipinski definition) is 0. The Labute approximate surface area is 113 Å². The summed E-state index contributed by atoms with van der Waals surface area (Å²) in [5, 5.41) is 0. The molecule has 1 aliphatic heterocycles. The van der Waals surface area contributed by atoms with E-state index in [1.165, 1.54) is 5.56 Å². The maximum absolute atomic E-state index is 4.55. The van der Waals surface area contributed by atoms with Crippen molar-refractivity contribution < 1.29 is 0 Å². The molecule has 2 aromatic heterocycles. The Bertz CT molecular complexity index is 541. The molecule has 0 N–H and O–H groups in total. The number of pyridine rings is 1. The van der Waals surface area contributed by atoms with Crippen molar-refractivity contribution >= 4 is 0 Å². The predicted molar refractivity (Wildman–Crippen MR) is 73.6 cm³/mol. The fourth-order valence-corrected chi connectivity index (χ4v) is 2.60. The first-order valence-corrected chi connectivity index (χ1v) is 6.72. The molecule has 4 heteroatoms. The highest BCUT2D eigenvalue weighted by Crippen LogP contribution is 2.25. The summed E-state index contributed by atoms with van der Waals surface area (Å²) in [6, 6.07) is 6.07. The zero-order valence-corrected chi connectivity index (χ0v) is 11.2. The van der Waals surface area contributed by atoms with E-state index >= 15 is 0 Å². The summed E-state index contributed by atoms with van der Waals surface area (Å²) >= 11 is 0. The molecule has 2 aromatic rings. The van der Waals surface area contributed by atoms with E-state index in [-0.39, 0.29) is 0 Å². The number of nitrogens with zero attached hydrogens (tertiary/aromatic N) is 4. The molecule has 0 unspecified atom stereocenters. The van der Waals surface area contributed by atoms with Crippen LogP contribution in [-0.4, -0.2) is 32.9 Å². The Morgan fingerprint density at radius 1 is 1.32 bits per heavy atom. The van der Waals surface area contributed by atoms with Crippen molar-refractivity contribution in [1.82, 2.24) is 19.9 Å². The Morgan fingerprint density at radius 2 is 2.26 bits per heavy atom. The van der Waals surface area contributed by atoms with Crippen LogP contribution in [-0.2, 0) is 6.54 Å². The zero-order valence-electron chi connectivity index (χ0n) is 11.2. The van der Waals surface area contributed by atoms with Crippen molar-refractivity contribution in [1.29, 1.82) is 0 Å². The lowest BCUT2D eigenvalue weighted by Gasteiger charge is -2.15. The van der Waals surface area contributed by atoms with Gasteiger partial charge in [-0.3, -0.25) is 9.88 Å². The summed E-state index contributed by atoms with van der Waals surface area (Å²) in [6.45, 7) is 5.14. The Hall–Kier alpha value is -1.81. The maximum atomic E-state index is 4.55. The molecule has 0 saturated carbocycles. The second kappa shape index (κ2) is 5.45. The van der Waals surface area contributed by atoms with Crippen LogP contribution in [0.3, 0.4) is 0 Å². The second-order valence-electron chi connectivity index (χ2n) is 5.14. The molecule has 3 heterocycles. The fraction of sp³-hybridized carbons (Fsp3) is 0.400. The van der Waals surface area contributed by atoms with Crippen LogP contribution in [0, 0.1) is 6.92 Å². The molecule has 19 heavy (non-hydrogen) atoms. The monoisotopic (exact) mass is 254 g/mol. The minimum atomic E-state index is 0.469. The molecule has 0 bridgehead atoms. The van der Waals surface area contributed by atoms with Gasteiger partial charge in [-0.2, -0.15) is 0 Å². The maximum Gasteiger partial charge on any atom is 0.132 e. The summed E-state index contributed by atoms with van der Waals surface area (Å²) in [7, 11) is 0. The third-order valence-corrected chi connectivity index (χ3v) is 3.58. The van der Waals surface area contributed by atoms with Crippen molar-refractivity contribution in [2.24, 2.45) is 0 Å². The predicted octanol–water partition coefficient (Wildman–Crippen LogP) is 2.17. The van der Waals surface area contributed by atoms with E-state index in [9.17, 15) is 0 Å². The number of hydrogen-bond acceptors (Lipinski definition) is 4. The van der Waals surface area contributed by atoms with Gasteiger partial charge in [-0.15, -0.1) is 0 Å². The summed E-state index contributed by atoms with van der Waals surface area (Å²) in [5.74, 6) is 1.46. The van der Waals surface area contributed by atoms with Crippen LogP contribution in [0.5, 0.6) is 0 Å². The van der Waals surface area contributed by atoms with E-state index in [2.05, 4.69) is 25.9 Å². The van der Waals surface area contributed by atoms with Crippen molar-refractivity contribution in [3.8, 4) is 0 Å². The molecule has 0 aliphatic carbocycles. The number of aryl methyl sites for hydroxylation is 1. The Balaban J connectivity index is 1.64. The van der Waals surface area contributed by atoms with E-state index in [4.69, 9.17) is 0 Å². The van der Waals surface area contributed by atoms with Gasteiger partial charge in [0, 0.05) is 43.3 Å². The van der Waals surface area contributed by atoms with Crippen molar-refractivity contribution in [2.45, 2.75) is 25.8 Å². The van der Waals surface area contributed by atoms with E-state index in [1.54, 1.807) is 0 Å². The van der Waals surface area contributed by atoms with Crippen LogP contribution in [0.1, 0.15) is 29.4 Å². The van der Waals surface area contributed by atoms with Crippen LogP contribution in [0.15, 0.2) is 36.8 Å². The minimum Gasteiger partial charge on any atom is -0.298 e. The molecule has 0 radical (unpaired) electrons. The quantitative estimate of drug-likeness (QED) is 0.842. The minimum absolute atomic E-state index is 0.469.